The third kappa shape index (κ3) is 3.51. The summed E-state index contributed by atoms with van der Waals surface area (Å²) in [5.41, 5.74) is 2.65. The molecule has 2 aliphatic rings. The molecule has 2 amide bonds. The number of carbonyl (C=O) groups excluding carboxylic acids is 3. The van der Waals surface area contributed by atoms with Gasteiger partial charge in [0.2, 0.25) is 6.04 Å². The number of nitrogens with zero attached hydrogens (tertiary/aromatic N) is 3. The van der Waals surface area contributed by atoms with Crippen LogP contribution in [0.25, 0.3) is 0 Å². The normalized spacial score (nSPS) is 19.0. The molecule has 0 radical (unpaired) electrons. The highest BCUT2D eigenvalue weighted by atomic mass is 16.5. The number of hydrogen-bond donors (Lipinski definition) is 0. The van der Waals surface area contributed by atoms with Crippen LogP contribution < -0.4 is 0 Å². The number of carbonyl (C=O) groups is 3. The molecule has 2 heterocycles. The molecule has 7 heteroatoms. The molecule has 0 N–H and O–H groups in total. The molecule has 0 aliphatic carbocycles. The summed E-state index contributed by atoms with van der Waals surface area (Å²) in [4.78, 5) is 43.2. The van der Waals surface area contributed by atoms with Crippen molar-refractivity contribution in [2.45, 2.75) is 18.1 Å². The van der Waals surface area contributed by atoms with Crippen molar-refractivity contribution in [3.8, 4) is 0 Å². The number of amides is 2. The molecule has 0 saturated carbocycles. The van der Waals surface area contributed by atoms with E-state index in [4.69, 9.17) is 4.74 Å². The van der Waals surface area contributed by atoms with Gasteiger partial charge in [0.15, 0.2) is 6.04 Å². The van der Waals surface area contributed by atoms with Gasteiger partial charge in [0, 0.05) is 11.1 Å². The van der Waals surface area contributed by atoms with E-state index in [-0.39, 0.29) is 6.04 Å². The van der Waals surface area contributed by atoms with Crippen LogP contribution in [0.2, 0.25) is 0 Å². The van der Waals surface area contributed by atoms with Crippen LogP contribution >= 0.6 is 0 Å². The fourth-order valence-electron chi connectivity index (χ4n) is 5.16. The molecular weight excluding hydrogens is 442 g/mol. The summed E-state index contributed by atoms with van der Waals surface area (Å²) in [5.74, 6) is -0.624. The Balaban J connectivity index is 1.66. The minimum atomic E-state index is -0.870. The Bertz CT molecular complexity index is 1260. The van der Waals surface area contributed by atoms with Crippen molar-refractivity contribution in [3.05, 3.63) is 107 Å². The average molecular weight is 469 g/mol. The molecule has 1 fully saturated rings. The van der Waals surface area contributed by atoms with Gasteiger partial charge in [-0.15, -0.1) is 0 Å². The van der Waals surface area contributed by atoms with Gasteiger partial charge in [-0.3, -0.25) is 19.1 Å². The Morgan fingerprint density at radius 2 is 1.26 bits per heavy atom. The first-order chi connectivity index (χ1) is 17.0. The Kier molecular flexibility index (Phi) is 5.68. The van der Waals surface area contributed by atoms with Crippen LogP contribution in [0.5, 0.6) is 0 Å². The Morgan fingerprint density at radius 3 is 1.69 bits per heavy atom. The van der Waals surface area contributed by atoms with Gasteiger partial charge in [0.1, 0.15) is 6.04 Å². The van der Waals surface area contributed by atoms with Crippen LogP contribution in [0.15, 0.2) is 84.9 Å². The topological polar surface area (TPSA) is 69.9 Å². The number of hydrogen-bond acceptors (Lipinski definition) is 4. The monoisotopic (exact) mass is 468 g/mol. The molecule has 3 aromatic rings. The number of benzene rings is 3. The second-order valence-electron chi connectivity index (χ2n) is 8.82. The summed E-state index contributed by atoms with van der Waals surface area (Å²) in [6, 6.07) is 24.5. The van der Waals surface area contributed by atoms with E-state index in [0.717, 1.165) is 11.1 Å². The van der Waals surface area contributed by atoms with Gasteiger partial charge in [-0.1, -0.05) is 72.8 Å². The summed E-state index contributed by atoms with van der Waals surface area (Å²) in [5, 5.41) is 0. The molecule has 0 aromatic heterocycles. The van der Waals surface area contributed by atoms with Crippen molar-refractivity contribution in [2.24, 2.45) is 0 Å². The van der Waals surface area contributed by atoms with Crippen LogP contribution in [0.3, 0.4) is 0 Å². The summed E-state index contributed by atoms with van der Waals surface area (Å²) in [6.45, 7) is 0. The van der Waals surface area contributed by atoms with E-state index in [9.17, 15) is 14.4 Å². The Labute approximate surface area is 203 Å². The van der Waals surface area contributed by atoms with Crippen molar-refractivity contribution in [1.29, 1.82) is 0 Å². The Morgan fingerprint density at radius 1 is 0.800 bits per heavy atom. The van der Waals surface area contributed by atoms with E-state index >= 15 is 0 Å². The smallest absolute Gasteiger partial charge is 0.354 e. The van der Waals surface area contributed by atoms with Gasteiger partial charge in [-0.05, 0) is 12.1 Å². The number of fused-ring (bicyclic) bond motifs is 1. The summed E-state index contributed by atoms with van der Waals surface area (Å²) in [6.07, 6.45) is 0. The molecule has 1 saturated heterocycles. The SMILES string of the molecule is COC(=O)[C@@H]1[C@H](N2C(=O)c3ccccc3C2=O)C(=[N+](C)C)N1C(c1ccccc1)c1ccccc1. The number of methoxy groups -OCH3 is 1. The molecule has 0 spiro atoms. The maximum Gasteiger partial charge on any atom is 0.354 e. The first-order valence-electron chi connectivity index (χ1n) is 11.4. The van der Waals surface area contributed by atoms with E-state index in [1.165, 1.54) is 12.0 Å². The number of likely N-dealkylation sites (tertiary alicyclic amines) is 1. The predicted molar refractivity (Wildman–Crippen MR) is 130 cm³/mol. The van der Waals surface area contributed by atoms with Gasteiger partial charge in [-0.25, -0.2) is 9.69 Å². The number of rotatable bonds is 5. The molecule has 0 unspecified atom stereocenters. The highest BCUT2D eigenvalue weighted by Gasteiger charge is 2.66. The third-order valence-corrected chi connectivity index (χ3v) is 6.64. The maximum absolute atomic E-state index is 13.4. The van der Waals surface area contributed by atoms with Crippen LogP contribution in [0.1, 0.15) is 37.9 Å². The van der Waals surface area contributed by atoms with Gasteiger partial charge in [0.25, 0.3) is 17.6 Å². The second-order valence-corrected chi connectivity index (χ2v) is 8.82. The first kappa shape index (κ1) is 22.5. The van der Waals surface area contributed by atoms with Crippen molar-refractivity contribution < 1.29 is 23.7 Å². The number of esters is 1. The molecule has 2 aliphatic heterocycles. The minimum absolute atomic E-state index is 0.328. The van der Waals surface area contributed by atoms with E-state index < -0.39 is 29.9 Å². The van der Waals surface area contributed by atoms with E-state index in [1.807, 2.05) is 84.2 Å². The highest BCUT2D eigenvalue weighted by Crippen LogP contribution is 2.41. The summed E-state index contributed by atoms with van der Waals surface area (Å²) >= 11 is 0. The number of amidine groups is 1. The van der Waals surface area contributed by atoms with Gasteiger partial charge < -0.3 is 4.74 Å². The largest absolute Gasteiger partial charge is 0.466 e. The molecule has 35 heavy (non-hydrogen) atoms. The van der Waals surface area contributed by atoms with Crippen molar-refractivity contribution >= 4 is 23.6 Å². The maximum atomic E-state index is 13.4. The van der Waals surface area contributed by atoms with Crippen LogP contribution in [-0.2, 0) is 9.53 Å². The predicted octanol–water partition coefficient (Wildman–Crippen LogP) is 2.97. The van der Waals surface area contributed by atoms with Crippen LogP contribution in [0, 0.1) is 0 Å². The zero-order valence-corrected chi connectivity index (χ0v) is 19.8. The lowest BCUT2D eigenvalue weighted by molar-refractivity contribution is -0.477. The van der Waals surface area contributed by atoms with Crippen molar-refractivity contribution in [3.63, 3.8) is 0 Å². The highest BCUT2D eigenvalue weighted by molar-refractivity contribution is 6.24. The third-order valence-electron chi connectivity index (χ3n) is 6.64. The molecule has 0 bridgehead atoms. The average Bonchev–Trinajstić information content (AvgIpc) is 3.12. The number of imide groups is 1. The molecule has 176 valence electrons. The summed E-state index contributed by atoms with van der Waals surface area (Å²) < 4.78 is 7.08. The van der Waals surface area contributed by atoms with E-state index in [2.05, 4.69) is 0 Å². The zero-order chi connectivity index (χ0) is 24.7. The second kappa shape index (κ2) is 8.83. The number of ether oxygens (including phenoxy) is 1. The molecule has 2 atom stereocenters. The lowest BCUT2D eigenvalue weighted by Gasteiger charge is -2.48. The van der Waals surface area contributed by atoms with Gasteiger partial charge in [-0.2, -0.15) is 0 Å². The quantitative estimate of drug-likeness (QED) is 0.327. The van der Waals surface area contributed by atoms with Crippen molar-refractivity contribution in [2.75, 3.05) is 21.2 Å². The van der Waals surface area contributed by atoms with E-state index in [1.54, 1.807) is 24.3 Å². The lowest BCUT2D eigenvalue weighted by atomic mass is 9.85. The van der Waals surface area contributed by atoms with Crippen LogP contribution in [-0.4, -0.2) is 71.3 Å². The molecule has 3 aromatic carbocycles. The fourth-order valence-corrected chi connectivity index (χ4v) is 5.16. The lowest BCUT2D eigenvalue weighted by Crippen LogP contribution is -2.76. The van der Waals surface area contributed by atoms with Gasteiger partial charge in [0.05, 0.1) is 32.3 Å². The molecule has 7 nitrogen and oxygen atoms in total. The minimum Gasteiger partial charge on any atom is -0.466 e. The van der Waals surface area contributed by atoms with E-state index in [0.29, 0.717) is 17.0 Å². The fraction of sp³-hybridized carbons (Fsp3) is 0.214. The van der Waals surface area contributed by atoms with Crippen LogP contribution in [0.4, 0.5) is 0 Å². The first-order valence-corrected chi connectivity index (χ1v) is 11.4. The van der Waals surface area contributed by atoms with Crippen molar-refractivity contribution in [1.82, 2.24) is 9.80 Å². The summed E-state index contributed by atoms with van der Waals surface area (Å²) in [7, 11) is 5.04. The zero-order valence-electron chi connectivity index (χ0n) is 19.8. The molecule has 5 rings (SSSR count). The Hall–Kier alpha value is -4.26. The van der Waals surface area contributed by atoms with Gasteiger partial charge >= 0.3 is 5.97 Å². The standard InChI is InChI=1S/C28H26N3O4/c1-29(2)25-23(31-26(32)20-16-10-11-17-21(20)27(31)33)24(28(34)35-3)30(25)22(18-12-6-4-7-13-18)19-14-8-5-9-15-19/h4-17,22-24H,1-3H3/q+1/t23-,24-/m0/s1. The molecular formula is C28H26N3O4+.